The van der Waals surface area contributed by atoms with Crippen molar-refractivity contribution >= 4 is 12.0 Å². The van der Waals surface area contributed by atoms with E-state index in [0.717, 1.165) is 16.7 Å². The molecule has 2 aliphatic rings. The standard InChI is InChI=1S/C9H7.C7H7NO.C6H10.C2H4.Ti/c1-2-5-9-7-3-6-8(9)4-1;8-7(9)6-4-2-1-3-5-6;1-5(2)6(3)4;1-2;/h1-7H;1-5H,(H2,8,9);1,3H2,2,4H3;1-2H2;/q;;;;+1/p-1. The van der Waals surface area contributed by atoms with Gasteiger partial charge in [-0.05, 0) is 13.8 Å². The summed E-state index contributed by atoms with van der Waals surface area (Å²) in [6, 6.07) is 18.2. The van der Waals surface area contributed by atoms with Crippen LogP contribution in [-0.2, 0) is 16.8 Å². The van der Waals surface area contributed by atoms with Crippen LogP contribution >= 0.6 is 0 Å². The zero-order chi connectivity index (χ0) is 19.4. The van der Waals surface area contributed by atoms with E-state index in [0.29, 0.717) is 4.22 Å². The van der Waals surface area contributed by atoms with Crippen LogP contribution < -0.4 is 3.80 Å². The summed E-state index contributed by atoms with van der Waals surface area (Å²) in [7, 11) is 0. The molecule has 1 heterocycles. The predicted octanol–water partition coefficient (Wildman–Crippen LogP) is 6.24. The predicted molar refractivity (Wildman–Crippen MR) is 111 cm³/mol. The first-order valence-electron chi connectivity index (χ1n) is 9.39. The second-order valence-electron chi connectivity index (χ2n) is 7.50. The molecule has 0 spiro atoms. The van der Waals surface area contributed by atoms with Gasteiger partial charge in [0.2, 0.25) is 0 Å². The van der Waals surface area contributed by atoms with Crippen LogP contribution in [0.1, 0.15) is 39.6 Å². The second kappa shape index (κ2) is 8.25. The normalized spacial score (nSPS) is 17.9. The number of rotatable bonds is 4. The summed E-state index contributed by atoms with van der Waals surface area (Å²) in [5.74, 6) is 0.117. The first-order chi connectivity index (χ1) is 12.9. The summed E-state index contributed by atoms with van der Waals surface area (Å²) in [4.78, 5) is 12.5. The molecule has 4 rings (SSSR count). The maximum absolute atomic E-state index is 12.5. The molecule has 1 unspecified atom stereocenters. The van der Waals surface area contributed by atoms with E-state index in [9.17, 15) is 4.79 Å². The van der Waals surface area contributed by atoms with Crippen molar-refractivity contribution in [2.75, 3.05) is 0 Å². The number of hydrogen-bond acceptors (Lipinski definition) is 1. The van der Waals surface area contributed by atoms with Gasteiger partial charge in [-0.15, -0.1) is 0 Å². The third-order valence-electron chi connectivity index (χ3n) is 5.31. The Kier molecular flexibility index (Phi) is 5.99. The van der Waals surface area contributed by atoms with Crippen molar-refractivity contribution in [3.05, 3.63) is 102 Å². The summed E-state index contributed by atoms with van der Waals surface area (Å²) < 4.78 is 6.43. The number of nitrogens with one attached hydrogen (secondary N) is 1. The molecule has 27 heavy (non-hydrogen) atoms. The molecule has 0 saturated carbocycles. The van der Waals surface area contributed by atoms with Crippen molar-refractivity contribution in [1.29, 1.82) is 0 Å². The van der Waals surface area contributed by atoms with E-state index in [2.05, 4.69) is 53.4 Å². The second-order valence-corrected chi connectivity index (χ2v) is 14.0. The topological polar surface area (TPSA) is 29.1 Å². The fourth-order valence-electron chi connectivity index (χ4n) is 3.27. The van der Waals surface area contributed by atoms with Gasteiger partial charge in [-0.2, -0.15) is 0 Å². The Morgan fingerprint density at radius 3 is 2.15 bits per heavy atom. The van der Waals surface area contributed by atoms with Gasteiger partial charge in [0.15, 0.2) is 0 Å². The van der Waals surface area contributed by atoms with Gasteiger partial charge in [-0.1, -0.05) is 24.3 Å². The summed E-state index contributed by atoms with van der Waals surface area (Å²) >= 11 is -2.27. The number of hydrogen-bond donors (Lipinski definition) is 1. The molecular weight excluding hydrogens is 366 g/mol. The zero-order valence-corrected chi connectivity index (χ0v) is 17.7. The van der Waals surface area contributed by atoms with Gasteiger partial charge in [0.1, 0.15) is 0 Å². The van der Waals surface area contributed by atoms with Crippen molar-refractivity contribution in [2.45, 2.75) is 27.5 Å². The molecule has 1 amide bonds. The summed E-state index contributed by atoms with van der Waals surface area (Å²) in [5.41, 5.74) is 5.66. The van der Waals surface area contributed by atoms with E-state index in [1.54, 1.807) is 0 Å². The molecule has 1 saturated heterocycles. The van der Waals surface area contributed by atoms with Gasteiger partial charge in [0, 0.05) is 0 Å². The van der Waals surface area contributed by atoms with Crippen LogP contribution in [0.5, 0.6) is 0 Å². The van der Waals surface area contributed by atoms with Crippen LogP contribution in [0.3, 0.4) is 0 Å². The molecule has 138 valence electrons. The number of carbonyl (C=O) groups is 1. The first-order valence-corrected chi connectivity index (χ1v) is 13.3. The maximum atomic E-state index is 12.5. The van der Waals surface area contributed by atoms with Crippen molar-refractivity contribution in [1.82, 2.24) is 3.80 Å². The first kappa shape index (κ1) is 19.6. The average Bonchev–Trinajstić information content (AvgIpc) is 3.31. The van der Waals surface area contributed by atoms with E-state index in [-0.39, 0.29) is 5.91 Å². The molecule has 2 aromatic rings. The van der Waals surface area contributed by atoms with Crippen molar-refractivity contribution in [3.8, 4) is 0 Å². The molecule has 1 N–H and O–H groups in total. The van der Waals surface area contributed by atoms with Gasteiger partial charge in [-0.25, -0.2) is 0 Å². The molecule has 1 atom stereocenters. The van der Waals surface area contributed by atoms with Crippen LogP contribution in [0.2, 0.25) is 9.45 Å². The molecule has 2 nitrogen and oxygen atoms in total. The van der Waals surface area contributed by atoms with E-state index in [4.69, 9.17) is 0 Å². The quantitative estimate of drug-likeness (QED) is 0.483. The molecule has 3 heteroatoms. The summed E-state index contributed by atoms with van der Waals surface area (Å²) in [5, 5.41) is 0. The Labute approximate surface area is 166 Å². The van der Waals surface area contributed by atoms with E-state index in [1.165, 1.54) is 20.6 Å². The van der Waals surface area contributed by atoms with Crippen LogP contribution in [0.15, 0.2) is 85.0 Å². The van der Waals surface area contributed by atoms with Crippen LogP contribution in [0, 0.1) is 0 Å². The number of fused-ring (bicyclic) bond motifs is 1. The van der Waals surface area contributed by atoms with Crippen LogP contribution in [-0.4, -0.2) is 5.91 Å². The van der Waals surface area contributed by atoms with E-state index in [1.807, 2.05) is 44.2 Å². The van der Waals surface area contributed by atoms with Crippen LogP contribution in [0.4, 0.5) is 0 Å². The van der Waals surface area contributed by atoms with E-state index >= 15 is 0 Å². The fourth-order valence-corrected chi connectivity index (χ4v) is 10.0. The third kappa shape index (κ3) is 4.58. The number of carbonyl (C=O) groups excluding carboxylic acids is 1. The Hall–Kier alpha value is -2.16. The molecule has 0 aromatic heterocycles. The van der Waals surface area contributed by atoms with Crippen molar-refractivity contribution < 1.29 is 21.6 Å². The molecular formula is C24H27NOTi. The zero-order valence-electron chi connectivity index (χ0n) is 16.2. The Morgan fingerprint density at radius 1 is 0.963 bits per heavy atom. The van der Waals surface area contributed by atoms with Gasteiger partial charge in [0.25, 0.3) is 0 Å². The number of benzene rings is 2. The molecule has 1 aliphatic heterocycles. The van der Waals surface area contributed by atoms with Gasteiger partial charge >= 0.3 is 128 Å². The molecule has 2 aromatic carbocycles. The SMILES string of the molecule is C=C(C)C(=C)C.O=C([NH][Ti]1([CH]2C=Cc3ccccc32)[CH2][CH2]1)c1ccccc1. The summed E-state index contributed by atoms with van der Waals surface area (Å²) in [6.07, 6.45) is 4.54. The van der Waals surface area contributed by atoms with Gasteiger partial charge in [-0.3, -0.25) is 0 Å². The molecule has 0 bridgehead atoms. The Balaban J connectivity index is 0.000000307. The molecule has 0 radical (unpaired) electrons. The van der Waals surface area contributed by atoms with E-state index < -0.39 is 16.8 Å². The molecule has 1 aliphatic carbocycles. The number of amides is 1. The van der Waals surface area contributed by atoms with Crippen molar-refractivity contribution in [3.63, 3.8) is 0 Å². The average molecular weight is 393 g/mol. The van der Waals surface area contributed by atoms with Crippen LogP contribution in [0.25, 0.3) is 6.08 Å². The third-order valence-corrected chi connectivity index (χ3v) is 11.6. The minimum absolute atomic E-state index is 0.117. The molecule has 1 fully saturated rings. The van der Waals surface area contributed by atoms with Gasteiger partial charge < -0.3 is 0 Å². The Morgan fingerprint density at radius 2 is 1.56 bits per heavy atom. The fraction of sp³-hybridized carbons (Fsp3) is 0.208. The summed E-state index contributed by atoms with van der Waals surface area (Å²) in [6.45, 7) is 11.2. The minimum atomic E-state index is -2.27. The van der Waals surface area contributed by atoms with Crippen molar-refractivity contribution in [2.24, 2.45) is 0 Å². The number of allylic oxidation sites excluding steroid dienone is 3. The van der Waals surface area contributed by atoms with Gasteiger partial charge in [0.05, 0.1) is 0 Å². The Bertz CT molecular complexity index is 882. The monoisotopic (exact) mass is 393 g/mol.